The molecule has 1 amide bonds. The summed E-state index contributed by atoms with van der Waals surface area (Å²) in [5.41, 5.74) is 2.23. The van der Waals surface area contributed by atoms with Gasteiger partial charge in [0.25, 0.3) is 5.91 Å². The van der Waals surface area contributed by atoms with E-state index in [0.717, 1.165) is 18.1 Å². The van der Waals surface area contributed by atoms with Crippen LogP contribution in [0.4, 0.5) is 5.69 Å². The van der Waals surface area contributed by atoms with Gasteiger partial charge in [-0.2, -0.15) is 0 Å². The maximum Gasteiger partial charge on any atom is 0.256 e. The standard InChI is InChI=1S/C15H12Br2INO2/c1-8-5-10(17)7-13(21-2)14(8)19-15(20)11-6-9(16)3-4-12(11)18/h3-7H,1-2H3,(H,19,20). The summed E-state index contributed by atoms with van der Waals surface area (Å²) in [6.45, 7) is 1.93. The summed E-state index contributed by atoms with van der Waals surface area (Å²) >= 11 is 8.95. The summed E-state index contributed by atoms with van der Waals surface area (Å²) in [5.74, 6) is 0.463. The average molecular weight is 525 g/mol. The summed E-state index contributed by atoms with van der Waals surface area (Å²) in [4.78, 5) is 12.5. The number of carbonyl (C=O) groups excluding carboxylic acids is 1. The fourth-order valence-corrected chi connectivity index (χ4v) is 3.38. The number of nitrogens with one attached hydrogen (secondary N) is 1. The minimum atomic E-state index is -0.163. The second-order valence-corrected chi connectivity index (χ2v) is 7.37. The quantitative estimate of drug-likeness (QED) is 0.547. The van der Waals surface area contributed by atoms with E-state index in [-0.39, 0.29) is 5.91 Å². The van der Waals surface area contributed by atoms with Crippen molar-refractivity contribution in [3.05, 3.63) is 54.0 Å². The Balaban J connectivity index is 2.38. The summed E-state index contributed by atoms with van der Waals surface area (Å²) in [5, 5.41) is 2.93. The first-order valence-electron chi connectivity index (χ1n) is 6.03. The van der Waals surface area contributed by atoms with E-state index in [0.29, 0.717) is 17.0 Å². The van der Waals surface area contributed by atoms with Crippen LogP contribution < -0.4 is 10.1 Å². The van der Waals surface area contributed by atoms with Crippen LogP contribution in [-0.4, -0.2) is 13.0 Å². The van der Waals surface area contributed by atoms with Crippen LogP contribution in [0.2, 0.25) is 0 Å². The van der Waals surface area contributed by atoms with Crippen LogP contribution in [0, 0.1) is 10.5 Å². The van der Waals surface area contributed by atoms with Crippen LogP contribution in [0.15, 0.2) is 39.3 Å². The molecule has 0 unspecified atom stereocenters. The number of aryl methyl sites for hydroxylation is 1. The molecule has 0 fully saturated rings. The molecule has 0 aromatic heterocycles. The van der Waals surface area contributed by atoms with Gasteiger partial charge in [0.15, 0.2) is 0 Å². The third-order valence-corrected chi connectivity index (χ3v) is 4.79. The zero-order chi connectivity index (χ0) is 15.6. The van der Waals surface area contributed by atoms with Crippen molar-refractivity contribution < 1.29 is 9.53 Å². The molecule has 1 N–H and O–H groups in total. The van der Waals surface area contributed by atoms with E-state index in [1.54, 1.807) is 13.2 Å². The van der Waals surface area contributed by atoms with Crippen LogP contribution in [0.3, 0.4) is 0 Å². The number of carbonyl (C=O) groups is 1. The molecule has 0 atom stereocenters. The van der Waals surface area contributed by atoms with Crippen LogP contribution in [0.5, 0.6) is 5.75 Å². The Morgan fingerprint density at radius 2 is 1.90 bits per heavy atom. The molecular weight excluding hydrogens is 513 g/mol. The molecule has 6 heteroatoms. The highest BCUT2D eigenvalue weighted by Gasteiger charge is 2.15. The fourth-order valence-electron chi connectivity index (χ4n) is 1.89. The second-order valence-electron chi connectivity index (χ2n) is 4.38. The summed E-state index contributed by atoms with van der Waals surface area (Å²) in [6, 6.07) is 9.37. The van der Waals surface area contributed by atoms with Crippen LogP contribution in [-0.2, 0) is 0 Å². The number of ether oxygens (including phenoxy) is 1. The van der Waals surface area contributed by atoms with Gasteiger partial charge in [0.1, 0.15) is 5.75 Å². The lowest BCUT2D eigenvalue weighted by Crippen LogP contribution is -2.15. The van der Waals surface area contributed by atoms with Gasteiger partial charge in [0.05, 0.1) is 18.4 Å². The van der Waals surface area contributed by atoms with Crippen molar-refractivity contribution in [1.82, 2.24) is 0 Å². The number of hydrogen-bond acceptors (Lipinski definition) is 2. The number of anilines is 1. The SMILES string of the molecule is COc1cc(Br)cc(C)c1NC(=O)c1cc(Br)ccc1I. The normalized spacial score (nSPS) is 10.3. The Kier molecular flexibility index (Phi) is 5.67. The highest BCUT2D eigenvalue weighted by atomic mass is 127. The molecule has 0 bridgehead atoms. The number of halogens is 3. The minimum absolute atomic E-state index is 0.163. The number of rotatable bonds is 3. The number of hydrogen-bond donors (Lipinski definition) is 1. The van der Waals surface area contributed by atoms with Gasteiger partial charge >= 0.3 is 0 Å². The van der Waals surface area contributed by atoms with E-state index in [2.05, 4.69) is 59.8 Å². The van der Waals surface area contributed by atoms with Crippen LogP contribution in [0.25, 0.3) is 0 Å². The van der Waals surface area contributed by atoms with Crippen LogP contribution >= 0.6 is 54.5 Å². The van der Waals surface area contributed by atoms with E-state index >= 15 is 0 Å². The van der Waals surface area contributed by atoms with Crippen molar-refractivity contribution in [1.29, 1.82) is 0 Å². The Hall–Kier alpha value is -0.600. The van der Waals surface area contributed by atoms with Crippen molar-refractivity contribution in [3.63, 3.8) is 0 Å². The van der Waals surface area contributed by atoms with Gasteiger partial charge in [-0.1, -0.05) is 31.9 Å². The Morgan fingerprint density at radius 3 is 2.57 bits per heavy atom. The number of benzene rings is 2. The van der Waals surface area contributed by atoms with Gasteiger partial charge in [-0.3, -0.25) is 4.79 Å². The third kappa shape index (κ3) is 3.98. The Morgan fingerprint density at radius 1 is 1.19 bits per heavy atom. The van der Waals surface area contributed by atoms with Gasteiger partial charge in [-0.25, -0.2) is 0 Å². The molecular formula is C15H12Br2INO2. The zero-order valence-electron chi connectivity index (χ0n) is 11.3. The molecule has 0 spiro atoms. The van der Waals surface area contributed by atoms with E-state index in [4.69, 9.17) is 4.74 Å². The average Bonchev–Trinajstić information content (AvgIpc) is 2.43. The predicted octanol–water partition coefficient (Wildman–Crippen LogP) is 5.39. The van der Waals surface area contributed by atoms with Crippen molar-refractivity contribution in [2.24, 2.45) is 0 Å². The first kappa shape index (κ1) is 16.8. The van der Waals surface area contributed by atoms with Crippen molar-refractivity contribution in [2.75, 3.05) is 12.4 Å². The topological polar surface area (TPSA) is 38.3 Å². The summed E-state index contributed by atoms with van der Waals surface area (Å²) < 4.78 is 8.01. The van der Waals surface area contributed by atoms with Crippen molar-refractivity contribution in [2.45, 2.75) is 6.92 Å². The summed E-state index contributed by atoms with van der Waals surface area (Å²) in [6.07, 6.45) is 0. The summed E-state index contributed by atoms with van der Waals surface area (Å²) in [7, 11) is 1.58. The van der Waals surface area contributed by atoms with Gasteiger partial charge in [0, 0.05) is 12.5 Å². The first-order valence-corrected chi connectivity index (χ1v) is 8.69. The minimum Gasteiger partial charge on any atom is -0.495 e. The van der Waals surface area contributed by atoms with E-state index < -0.39 is 0 Å². The smallest absolute Gasteiger partial charge is 0.256 e. The van der Waals surface area contributed by atoms with Crippen LogP contribution in [0.1, 0.15) is 15.9 Å². The van der Waals surface area contributed by atoms with E-state index in [1.807, 2.05) is 31.2 Å². The molecule has 0 aliphatic heterocycles. The molecule has 21 heavy (non-hydrogen) atoms. The second kappa shape index (κ2) is 7.11. The Bertz CT molecular complexity index is 704. The molecule has 2 rings (SSSR count). The van der Waals surface area contributed by atoms with E-state index in [9.17, 15) is 4.79 Å². The molecule has 0 heterocycles. The largest absolute Gasteiger partial charge is 0.495 e. The highest BCUT2D eigenvalue weighted by Crippen LogP contribution is 2.32. The molecule has 2 aromatic rings. The molecule has 2 aromatic carbocycles. The first-order chi connectivity index (χ1) is 9.92. The molecule has 0 saturated heterocycles. The Labute approximate surface area is 153 Å². The molecule has 0 aliphatic rings. The van der Waals surface area contributed by atoms with Crippen molar-refractivity contribution in [3.8, 4) is 5.75 Å². The molecule has 0 saturated carbocycles. The van der Waals surface area contributed by atoms with E-state index in [1.165, 1.54) is 0 Å². The highest BCUT2D eigenvalue weighted by molar-refractivity contribution is 14.1. The molecule has 0 radical (unpaired) electrons. The predicted molar refractivity (Wildman–Crippen MR) is 100 cm³/mol. The monoisotopic (exact) mass is 523 g/mol. The van der Waals surface area contributed by atoms with Gasteiger partial charge < -0.3 is 10.1 Å². The molecule has 0 aliphatic carbocycles. The maximum absolute atomic E-state index is 12.5. The van der Waals surface area contributed by atoms with Gasteiger partial charge in [-0.15, -0.1) is 0 Å². The lowest BCUT2D eigenvalue weighted by atomic mass is 10.1. The third-order valence-electron chi connectivity index (χ3n) is 2.90. The zero-order valence-corrected chi connectivity index (χ0v) is 16.7. The number of methoxy groups -OCH3 is 1. The molecule has 110 valence electrons. The maximum atomic E-state index is 12.5. The molecule has 3 nitrogen and oxygen atoms in total. The fraction of sp³-hybridized carbons (Fsp3) is 0.133. The lowest BCUT2D eigenvalue weighted by molar-refractivity contribution is 0.102. The number of amides is 1. The lowest BCUT2D eigenvalue weighted by Gasteiger charge is -2.14. The van der Waals surface area contributed by atoms with Gasteiger partial charge in [-0.05, 0) is 65.4 Å². The van der Waals surface area contributed by atoms with Crippen molar-refractivity contribution >= 4 is 66.0 Å². The van der Waals surface area contributed by atoms with Gasteiger partial charge in [0.2, 0.25) is 0 Å².